The number of carbonyl (C=O) groups excluding carboxylic acids is 2. The van der Waals surface area contributed by atoms with Gasteiger partial charge in [-0.05, 0) is 25.0 Å². The number of carboxylic acids is 1. The molecule has 0 aliphatic carbocycles. The van der Waals surface area contributed by atoms with Gasteiger partial charge in [-0.2, -0.15) is 0 Å². The van der Waals surface area contributed by atoms with E-state index in [9.17, 15) is 14.4 Å². The summed E-state index contributed by atoms with van der Waals surface area (Å²) in [5.41, 5.74) is 6.44. The highest BCUT2D eigenvalue weighted by Gasteiger charge is 2.30. The van der Waals surface area contributed by atoms with Gasteiger partial charge >= 0.3 is 5.97 Å². The lowest BCUT2D eigenvalue weighted by molar-refractivity contribution is -0.136. The monoisotopic (exact) mass is 346 g/mol. The number of carboxylic acid groups (broad SMARTS) is 1. The first-order valence-electron chi connectivity index (χ1n) is 8.12. The largest absolute Gasteiger partial charge is 0.481 e. The molecule has 1 aromatic rings. The summed E-state index contributed by atoms with van der Waals surface area (Å²) in [6, 6.07) is 6.31. The summed E-state index contributed by atoms with van der Waals surface area (Å²) in [6.45, 7) is 0.668. The van der Waals surface area contributed by atoms with Crippen molar-refractivity contribution in [2.24, 2.45) is 5.73 Å². The minimum atomic E-state index is -0.966. The van der Waals surface area contributed by atoms with Crippen LogP contribution in [0.15, 0.2) is 24.3 Å². The molecule has 1 aromatic carbocycles. The van der Waals surface area contributed by atoms with Gasteiger partial charge < -0.3 is 21.1 Å². The van der Waals surface area contributed by atoms with E-state index in [1.54, 1.807) is 29.2 Å². The highest BCUT2D eigenvalue weighted by Crippen LogP contribution is 2.22. The Bertz CT molecular complexity index is 672. The molecule has 8 nitrogen and oxygen atoms in total. The van der Waals surface area contributed by atoms with Gasteiger partial charge in [-0.25, -0.2) is 0 Å². The number of nitrogens with zero attached hydrogens (tertiary/aromatic N) is 1. The maximum atomic E-state index is 12.7. The van der Waals surface area contributed by atoms with Gasteiger partial charge in [-0.15, -0.1) is 0 Å². The Kier molecular flexibility index (Phi) is 6.10. The number of nitrogens with one attached hydrogen (secondary N) is 2. The third kappa shape index (κ3) is 5.03. The zero-order valence-electron chi connectivity index (χ0n) is 13.8. The van der Waals surface area contributed by atoms with Gasteiger partial charge in [-0.3, -0.25) is 19.8 Å². The smallest absolute Gasteiger partial charge is 0.305 e. The second-order valence-corrected chi connectivity index (χ2v) is 5.98. The number of benzene rings is 1. The summed E-state index contributed by atoms with van der Waals surface area (Å²) < 4.78 is 0. The van der Waals surface area contributed by atoms with Crippen LogP contribution in [0.25, 0.3) is 0 Å². The maximum absolute atomic E-state index is 12.7. The highest BCUT2D eigenvalue weighted by atomic mass is 16.4. The van der Waals surface area contributed by atoms with Gasteiger partial charge in [0.05, 0.1) is 6.42 Å². The van der Waals surface area contributed by atoms with Crippen molar-refractivity contribution >= 4 is 23.6 Å². The van der Waals surface area contributed by atoms with Gasteiger partial charge in [-0.1, -0.05) is 12.1 Å². The van der Waals surface area contributed by atoms with E-state index in [0.717, 1.165) is 12.8 Å². The van der Waals surface area contributed by atoms with E-state index >= 15 is 0 Å². The standard InChI is InChI=1S/C17H22N4O4/c18-16(19)11-3-5-12(6-4-11)17(25)21-9-1-2-13(21)10-14(22)20-8-7-15(23)24/h3-6,13H,1-2,7-10H2,(H3,18,19)(H,20,22)(H,23,24)/t13-/m0/s1. The predicted molar refractivity (Wildman–Crippen MR) is 91.4 cm³/mol. The zero-order chi connectivity index (χ0) is 18.4. The lowest BCUT2D eigenvalue weighted by Gasteiger charge is -2.24. The third-order valence-corrected chi connectivity index (χ3v) is 4.16. The van der Waals surface area contributed by atoms with Crippen molar-refractivity contribution in [1.82, 2.24) is 10.2 Å². The normalized spacial score (nSPS) is 16.5. The van der Waals surface area contributed by atoms with Crippen molar-refractivity contribution in [3.8, 4) is 0 Å². The van der Waals surface area contributed by atoms with Crippen LogP contribution in [0.1, 0.15) is 41.6 Å². The minimum absolute atomic E-state index is 0.0592. The molecule has 0 unspecified atom stereocenters. The molecule has 1 heterocycles. The fourth-order valence-corrected chi connectivity index (χ4v) is 2.87. The molecule has 0 bridgehead atoms. The lowest BCUT2D eigenvalue weighted by Crippen LogP contribution is -2.39. The Morgan fingerprint density at radius 3 is 2.48 bits per heavy atom. The van der Waals surface area contributed by atoms with Crippen molar-refractivity contribution < 1.29 is 19.5 Å². The molecule has 1 atom stereocenters. The first-order chi connectivity index (χ1) is 11.9. The number of amides is 2. The average Bonchev–Trinajstić information content (AvgIpc) is 3.01. The van der Waals surface area contributed by atoms with Crippen LogP contribution in [0.2, 0.25) is 0 Å². The molecule has 5 N–H and O–H groups in total. The molecule has 2 amide bonds. The SMILES string of the molecule is N=C(N)c1ccc(C(=O)N2CCC[C@H]2CC(=O)NCCC(=O)O)cc1. The Balaban J connectivity index is 1.95. The van der Waals surface area contributed by atoms with Crippen molar-refractivity contribution in [2.45, 2.75) is 31.7 Å². The predicted octanol–water partition coefficient (Wildman–Crippen LogP) is 0.556. The second-order valence-electron chi connectivity index (χ2n) is 5.98. The summed E-state index contributed by atoms with van der Waals surface area (Å²) in [7, 11) is 0. The summed E-state index contributed by atoms with van der Waals surface area (Å²) >= 11 is 0. The van der Waals surface area contributed by atoms with Gasteiger partial charge in [0.25, 0.3) is 5.91 Å². The van der Waals surface area contributed by atoms with E-state index in [1.807, 2.05) is 0 Å². The van der Waals surface area contributed by atoms with E-state index in [4.69, 9.17) is 16.2 Å². The molecule has 2 rings (SSSR count). The zero-order valence-corrected chi connectivity index (χ0v) is 13.8. The van der Waals surface area contributed by atoms with Crippen molar-refractivity contribution in [3.05, 3.63) is 35.4 Å². The van der Waals surface area contributed by atoms with E-state index in [0.29, 0.717) is 17.7 Å². The molecule has 1 fully saturated rings. The van der Waals surface area contributed by atoms with Crippen molar-refractivity contribution in [2.75, 3.05) is 13.1 Å². The molecular weight excluding hydrogens is 324 g/mol. The first kappa shape index (κ1) is 18.4. The minimum Gasteiger partial charge on any atom is -0.481 e. The number of nitrogen functional groups attached to an aromatic ring is 1. The van der Waals surface area contributed by atoms with Gasteiger partial charge in [0.1, 0.15) is 5.84 Å². The molecule has 1 saturated heterocycles. The average molecular weight is 346 g/mol. The summed E-state index contributed by atoms with van der Waals surface area (Å²) in [5, 5.41) is 18.5. The number of nitrogens with two attached hydrogens (primary N) is 1. The van der Waals surface area contributed by atoms with Gasteiger partial charge in [0.15, 0.2) is 0 Å². The molecule has 0 spiro atoms. The van der Waals surface area contributed by atoms with Crippen molar-refractivity contribution in [3.63, 3.8) is 0 Å². The molecule has 0 radical (unpaired) electrons. The maximum Gasteiger partial charge on any atom is 0.305 e. The fourth-order valence-electron chi connectivity index (χ4n) is 2.87. The molecule has 25 heavy (non-hydrogen) atoms. The lowest BCUT2D eigenvalue weighted by atomic mass is 10.1. The second kappa shape index (κ2) is 8.27. The third-order valence-electron chi connectivity index (χ3n) is 4.16. The molecular formula is C17H22N4O4. The summed E-state index contributed by atoms with van der Waals surface area (Å²) in [4.78, 5) is 36.7. The van der Waals surface area contributed by atoms with Crippen LogP contribution in [0.3, 0.4) is 0 Å². The first-order valence-corrected chi connectivity index (χ1v) is 8.12. The molecule has 0 saturated carbocycles. The summed E-state index contributed by atoms with van der Waals surface area (Å²) in [5.74, 6) is -1.43. The summed E-state index contributed by atoms with van der Waals surface area (Å²) in [6.07, 6.45) is 1.60. The van der Waals surface area contributed by atoms with Crippen LogP contribution in [-0.2, 0) is 9.59 Å². The Hall–Kier alpha value is -2.90. The number of hydrogen-bond acceptors (Lipinski definition) is 4. The highest BCUT2D eigenvalue weighted by molar-refractivity contribution is 5.98. The number of hydrogen-bond donors (Lipinski definition) is 4. The van der Waals surface area contributed by atoms with Crippen LogP contribution < -0.4 is 11.1 Å². The van der Waals surface area contributed by atoms with E-state index in [-0.39, 0.29) is 43.1 Å². The molecule has 0 aromatic heterocycles. The van der Waals surface area contributed by atoms with Gasteiger partial charge in [0, 0.05) is 36.7 Å². The van der Waals surface area contributed by atoms with Crippen LogP contribution in [0, 0.1) is 5.41 Å². The number of aliphatic carboxylic acids is 1. The quantitative estimate of drug-likeness (QED) is 0.422. The Morgan fingerprint density at radius 2 is 1.88 bits per heavy atom. The fraction of sp³-hybridized carbons (Fsp3) is 0.412. The number of carbonyl (C=O) groups is 3. The Labute approximate surface area is 145 Å². The van der Waals surface area contributed by atoms with Crippen LogP contribution in [0.5, 0.6) is 0 Å². The van der Waals surface area contributed by atoms with E-state index in [2.05, 4.69) is 5.32 Å². The molecule has 134 valence electrons. The van der Waals surface area contributed by atoms with Crippen LogP contribution in [-0.4, -0.2) is 52.8 Å². The number of rotatable bonds is 7. The topological polar surface area (TPSA) is 137 Å². The molecule has 1 aliphatic heterocycles. The number of amidine groups is 1. The number of likely N-dealkylation sites (tertiary alicyclic amines) is 1. The van der Waals surface area contributed by atoms with Crippen molar-refractivity contribution in [1.29, 1.82) is 5.41 Å². The molecule has 1 aliphatic rings. The van der Waals surface area contributed by atoms with E-state index in [1.165, 1.54) is 0 Å². The van der Waals surface area contributed by atoms with Crippen LogP contribution >= 0.6 is 0 Å². The van der Waals surface area contributed by atoms with Gasteiger partial charge in [0.2, 0.25) is 5.91 Å². The van der Waals surface area contributed by atoms with Crippen LogP contribution in [0.4, 0.5) is 0 Å². The Morgan fingerprint density at radius 1 is 1.24 bits per heavy atom. The van der Waals surface area contributed by atoms with E-state index < -0.39 is 5.97 Å². The molecule has 8 heteroatoms.